The van der Waals surface area contributed by atoms with E-state index in [1.54, 1.807) is 6.07 Å². The summed E-state index contributed by atoms with van der Waals surface area (Å²) in [7, 11) is 0. The first-order valence-electron chi connectivity index (χ1n) is 5.45. The van der Waals surface area contributed by atoms with Crippen molar-refractivity contribution in [2.75, 3.05) is 5.32 Å². The number of benzene rings is 1. The van der Waals surface area contributed by atoms with Crippen molar-refractivity contribution in [3.05, 3.63) is 61.3 Å². The van der Waals surface area contributed by atoms with E-state index < -0.39 is 16.5 Å². The highest BCUT2D eigenvalue weighted by Gasteiger charge is 2.25. The predicted molar refractivity (Wildman–Crippen MR) is 80.3 cm³/mol. The Hall–Kier alpha value is -1.89. The van der Waals surface area contributed by atoms with Crippen LogP contribution in [-0.4, -0.2) is 15.8 Å². The third-order valence-corrected chi connectivity index (χ3v) is 3.32. The number of anilines is 1. The molecule has 0 atom stereocenters. The molecular weight excluding hydrogens is 341 g/mol. The Kier molecular flexibility index (Phi) is 4.62. The van der Waals surface area contributed by atoms with E-state index in [-0.39, 0.29) is 21.4 Å². The highest BCUT2D eigenvalue weighted by Crippen LogP contribution is 2.29. The predicted octanol–water partition coefficient (Wildman–Crippen LogP) is 4.20. The van der Waals surface area contributed by atoms with Gasteiger partial charge in [-0.15, -0.1) is 0 Å². The zero-order chi connectivity index (χ0) is 15.6. The number of rotatable bonds is 3. The summed E-state index contributed by atoms with van der Waals surface area (Å²) in [5.74, 6) is -0.741. The number of nitrogens with one attached hydrogen (secondary N) is 1. The van der Waals surface area contributed by atoms with Crippen LogP contribution >= 0.6 is 34.8 Å². The summed E-state index contributed by atoms with van der Waals surface area (Å²) in [5, 5.41) is 13.7. The molecule has 0 fully saturated rings. The van der Waals surface area contributed by atoms with Crippen molar-refractivity contribution < 1.29 is 9.72 Å². The van der Waals surface area contributed by atoms with Crippen LogP contribution in [0.2, 0.25) is 15.2 Å². The van der Waals surface area contributed by atoms with Crippen LogP contribution < -0.4 is 5.32 Å². The average molecular weight is 347 g/mol. The molecule has 0 saturated carbocycles. The Morgan fingerprint density at radius 1 is 1.24 bits per heavy atom. The number of amides is 1. The lowest BCUT2D eigenvalue weighted by atomic mass is 10.2. The number of nitro groups is 1. The van der Waals surface area contributed by atoms with Gasteiger partial charge in [-0.25, -0.2) is 4.98 Å². The minimum atomic E-state index is -0.774. The summed E-state index contributed by atoms with van der Waals surface area (Å²) in [5.41, 5.74) is -0.567. The summed E-state index contributed by atoms with van der Waals surface area (Å²) in [6.07, 6.45) is 1.20. The first kappa shape index (κ1) is 15.5. The molecule has 0 aliphatic carbocycles. The molecule has 1 N–H and O–H groups in total. The molecule has 1 heterocycles. The van der Waals surface area contributed by atoms with Crippen LogP contribution in [0.1, 0.15) is 10.4 Å². The lowest BCUT2D eigenvalue weighted by Crippen LogP contribution is -2.14. The Labute approximate surface area is 133 Å². The number of hydrogen-bond donors (Lipinski definition) is 1. The van der Waals surface area contributed by atoms with Gasteiger partial charge in [0.1, 0.15) is 5.56 Å². The van der Waals surface area contributed by atoms with Crippen molar-refractivity contribution in [3.8, 4) is 0 Å². The Morgan fingerprint density at radius 2 is 1.95 bits per heavy atom. The number of aromatic nitrogens is 1. The molecular formula is C12H6Cl3N3O3. The smallest absolute Gasteiger partial charge is 0.319 e. The standard InChI is InChI=1S/C12H6Cl3N3O3/c13-6-1-2-8(14)9(5-6)17-12(19)7-3-4-16-11(15)10(7)18(20)21/h1-5H,(H,17,19). The number of hydrogen-bond acceptors (Lipinski definition) is 4. The van der Waals surface area contributed by atoms with Gasteiger partial charge in [0.2, 0.25) is 5.15 Å². The fraction of sp³-hybridized carbons (Fsp3) is 0. The highest BCUT2D eigenvalue weighted by atomic mass is 35.5. The zero-order valence-corrected chi connectivity index (χ0v) is 12.4. The van der Waals surface area contributed by atoms with Crippen LogP contribution in [0.5, 0.6) is 0 Å². The summed E-state index contributed by atoms with van der Waals surface area (Å²) in [6, 6.07) is 5.66. The number of carbonyl (C=O) groups excluding carboxylic acids is 1. The molecule has 1 aromatic heterocycles. The fourth-order valence-electron chi connectivity index (χ4n) is 1.57. The van der Waals surface area contributed by atoms with E-state index in [1.807, 2.05) is 0 Å². The van der Waals surface area contributed by atoms with Crippen LogP contribution in [0.25, 0.3) is 0 Å². The number of halogens is 3. The first-order valence-corrected chi connectivity index (χ1v) is 6.59. The lowest BCUT2D eigenvalue weighted by molar-refractivity contribution is -0.385. The van der Waals surface area contributed by atoms with Gasteiger partial charge in [-0.2, -0.15) is 0 Å². The van der Waals surface area contributed by atoms with E-state index in [0.717, 1.165) is 0 Å². The van der Waals surface area contributed by atoms with Gasteiger partial charge in [0, 0.05) is 11.2 Å². The second-order valence-electron chi connectivity index (χ2n) is 3.83. The largest absolute Gasteiger partial charge is 0.320 e. The van der Waals surface area contributed by atoms with Crippen molar-refractivity contribution in [3.63, 3.8) is 0 Å². The fourth-order valence-corrected chi connectivity index (χ4v) is 2.13. The minimum Gasteiger partial charge on any atom is -0.320 e. The average Bonchev–Trinajstić information content (AvgIpc) is 2.42. The van der Waals surface area contributed by atoms with Gasteiger partial charge >= 0.3 is 5.69 Å². The van der Waals surface area contributed by atoms with Gasteiger partial charge in [-0.3, -0.25) is 14.9 Å². The van der Waals surface area contributed by atoms with E-state index in [9.17, 15) is 14.9 Å². The Balaban J connectivity index is 2.40. The van der Waals surface area contributed by atoms with E-state index >= 15 is 0 Å². The van der Waals surface area contributed by atoms with Gasteiger partial charge in [0.15, 0.2) is 0 Å². The van der Waals surface area contributed by atoms with E-state index in [1.165, 1.54) is 24.4 Å². The zero-order valence-electron chi connectivity index (χ0n) is 10.1. The quantitative estimate of drug-likeness (QED) is 0.512. The van der Waals surface area contributed by atoms with Gasteiger partial charge < -0.3 is 5.32 Å². The molecule has 2 aromatic rings. The second-order valence-corrected chi connectivity index (χ2v) is 5.03. The Morgan fingerprint density at radius 3 is 2.62 bits per heavy atom. The molecule has 9 heteroatoms. The molecule has 21 heavy (non-hydrogen) atoms. The van der Waals surface area contributed by atoms with Crippen molar-refractivity contribution in [2.45, 2.75) is 0 Å². The lowest BCUT2D eigenvalue weighted by Gasteiger charge is -2.08. The normalized spacial score (nSPS) is 10.2. The van der Waals surface area contributed by atoms with Crippen molar-refractivity contribution in [1.82, 2.24) is 4.98 Å². The van der Waals surface area contributed by atoms with Gasteiger partial charge in [-0.1, -0.05) is 34.8 Å². The maximum atomic E-state index is 12.2. The van der Waals surface area contributed by atoms with E-state index in [2.05, 4.69) is 10.3 Å². The molecule has 0 aliphatic heterocycles. The van der Waals surface area contributed by atoms with Gasteiger partial charge in [0.05, 0.1) is 15.6 Å². The van der Waals surface area contributed by atoms with Crippen LogP contribution in [0.15, 0.2) is 30.5 Å². The third-order valence-electron chi connectivity index (χ3n) is 2.48. The van der Waals surface area contributed by atoms with Crippen LogP contribution in [0.4, 0.5) is 11.4 Å². The Bertz CT molecular complexity index is 737. The van der Waals surface area contributed by atoms with Crippen molar-refractivity contribution in [2.24, 2.45) is 0 Å². The number of pyridine rings is 1. The van der Waals surface area contributed by atoms with Gasteiger partial charge in [0.25, 0.3) is 5.91 Å². The monoisotopic (exact) mass is 345 g/mol. The first-order chi connectivity index (χ1) is 9.90. The maximum Gasteiger partial charge on any atom is 0.319 e. The van der Waals surface area contributed by atoms with Crippen LogP contribution in [0.3, 0.4) is 0 Å². The van der Waals surface area contributed by atoms with Gasteiger partial charge in [-0.05, 0) is 24.3 Å². The molecule has 1 aromatic carbocycles. The SMILES string of the molecule is O=C(Nc1cc(Cl)ccc1Cl)c1ccnc(Cl)c1[N+](=O)[O-]. The van der Waals surface area contributed by atoms with Crippen LogP contribution in [-0.2, 0) is 0 Å². The molecule has 0 aliphatic rings. The van der Waals surface area contributed by atoms with Crippen molar-refractivity contribution in [1.29, 1.82) is 0 Å². The number of nitrogens with zero attached hydrogens (tertiary/aromatic N) is 2. The second kappa shape index (κ2) is 6.26. The van der Waals surface area contributed by atoms with E-state index in [0.29, 0.717) is 5.02 Å². The molecule has 6 nitrogen and oxygen atoms in total. The van der Waals surface area contributed by atoms with Crippen molar-refractivity contribution >= 4 is 52.1 Å². The van der Waals surface area contributed by atoms with Crippen LogP contribution in [0, 0.1) is 10.1 Å². The maximum absolute atomic E-state index is 12.2. The minimum absolute atomic E-state index is 0.226. The summed E-state index contributed by atoms with van der Waals surface area (Å²) >= 11 is 17.4. The summed E-state index contributed by atoms with van der Waals surface area (Å²) in [4.78, 5) is 25.9. The molecule has 0 spiro atoms. The molecule has 0 bridgehead atoms. The molecule has 108 valence electrons. The third kappa shape index (κ3) is 3.41. The molecule has 2 rings (SSSR count). The molecule has 0 saturated heterocycles. The topological polar surface area (TPSA) is 85.1 Å². The molecule has 1 amide bonds. The summed E-state index contributed by atoms with van der Waals surface area (Å²) in [6.45, 7) is 0. The number of carbonyl (C=O) groups is 1. The molecule has 0 unspecified atom stereocenters. The highest BCUT2D eigenvalue weighted by molar-refractivity contribution is 6.36. The molecule has 0 radical (unpaired) electrons. The summed E-state index contributed by atoms with van der Waals surface area (Å²) < 4.78 is 0. The van der Waals surface area contributed by atoms with E-state index in [4.69, 9.17) is 34.8 Å².